The number of aliphatic hydroxyl groups excluding tert-OH is 1. The van der Waals surface area contributed by atoms with Gasteiger partial charge in [0.25, 0.3) is 5.91 Å². The van der Waals surface area contributed by atoms with E-state index in [1.165, 1.54) is 7.11 Å². The van der Waals surface area contributed by atoms with Crippen LogP contribution in [0.5, 0.6) is 5.75 Å². The number of carbonyl (C=O) groups excluding carboxylic acids is 1. The van der Waals surface area contributed by atoms with E-state index in [1.54, 1.807) is 29.2 Å². The maximum Gasteiger partial charge on any atom is 0.349 e. The van der Waals surface area contributed by atoms with E-state index in [1.807, 2.05) is 12.1 Å². The van der Waals surface area contributed by atoms with Gasteiger partial charge in [-0.1, -0.05) is 12.1 Å². The summed E-state index contributed by atoms with van der Waals surface area (Å²) >= 11 is 0. The number of nitrogens with zero attached hydrogens (tertiary/aromatic N) is 6. The maximum absolute atomic E-state index is 13.1. The Kier molecular flexibility index (Phi) is 7.01. The van der Waals surface area contributed by atoms with Crippen LogP contribution in [0, 0.1) is 0 Å². The number of para-hydroxylation sites is 1. The first-order chi connectivity index (χ1) is 17.6. The predicted molar refractivity (Wildman–Crippen MR) is 135 cm³/mol. The highest BCUT2D eigenvalue weighted by Crippen LogP contribution is 2.25. The van der Waals surface area contributed by atoms with Gasteiger partial charge in [0.1, 0.15) is 5.56 Å². The quantitative estimate of drug-likeness (QED) is 0.490. The standard InChI is InChI=1S/C25H30N6O5/c1-35-20-4-2-3-18-17-19(25(34)36-23(18)20)24(33)31-13-11-30(12-14-31)22-6-5-21(26-27-22)29-9-7-28(8-10-29)15-16-32/h2-6,17,32H,7-16H2,1H3. The van der Waals surface area contributed by atoms with Gasteiger partial charge >= 0.3 is 5.63 Å². The molecule has 36 heavy (non-hydrogen) atoms. The Morgan fingerprint density at radius 2 is 1.61 bits per heavy atom. The molecule has 1 N–H and O–H groups in total. The molecule has 190 valence electrons. The van der Waals surface area contributed by atoms with Crippen LogP contribution < -0.4 is 20.2 Å². The molecule has 11 nitrogen and oxygen atoms in total. The van der Waals surface area contributed by atoms with E-state index in [-0.39, 0.29) is 18.1 Å². The van der Waals surface area contributed by atoms with Crippen molar-refractivity contribution in [2.45, 2.75) is 0 Å². The van der Waals surface area contributed by atoms with Crippen LogP contribution in [-0.4, -0.2) is 104 Å². The number of β-amino-alcohol motifs (C(OH)–C–C–N with tert-alkyl or cyclic N) is 1. The third-order valence-corrected chi connectivity index (χ3v) is 6.81. The molecule has 4 heterocycles. The molecule has 0 unspecified atom stereocenters. The van der Waals surface area contributed by atoms with E-state index in [4.69, 9.17) is 14.3 Å². The molecular formula is C25H30N6O5. The first-order valence-corrected chi connectivity index (χ1v) is 12.1. The number of hydrogen-bond donors (Lipinski definition) is 1. The van der Waals surface area contributed by atoms with Gasteiger partial charge in [-0.05, 0) is 24.3 Å². The van der Waals surface area contributed by atoms with Crippen LogP contribution >= 0.6 is 0 Å². The summed E-state index contributed by atoms with van der Waals surface area (Å²) in [4.78, 5) is 33.9. The molecule has 0 saturated carbocycles. The van der Waals surface area contributed by atoms with Gasteiger partial charge in [0, 0.05) is 64.3 Å². The second-order valence-electron chi connectivity index (χ2n) is 8.91. The molecule has 0 spiro atoms. The van der Waals surface area contributed by atoms with E-state index >= 15 is 0 Å². The van der Waals surface area contributed by atoms with Crippen LogP contribution in [0.1, 0.15) is 10.4 Å². The number of aliphatic hydroxyl groups is 1. The number of methoxy groups -OCH3 is 1. The minimum Gasteiger partial charge on any atom is -0.493 e. The Morgan fingerprint density at radius 1 is 0.972 bits per heavy atom. The molecule has 0 radical (unpaired) electrons. The number of rotatable bonds is 6. The average molecular weight is 495 g/mol. The molecule has 0 bridgehead atoms. The van der Waals surface area contributed by atoms with Gasteiger partial charge in [-0.15, -0.1) is 10.2 Å². The summed E-state index contributed by atoms with van der Waals surface area (Å²) in [6.45, 7) is 6.47. The van der Waals surface area contributed by atoms with Gasteiger partial charge in [-0.25, -0.2) is 4.79 Å². The van der Waals surface area contributed by atoms with E-state index in [9.17, 15) is 9.59 Å². The molecule has 2 fully saturated rings. The van der Waals surface area contributed by atoms with Gasteiger partial charge in [0.05, 0.1) is 13.7 Å². The molecule has 0 aliphatic carbocycles. The molecule has 5 rings (SSSR count). The number of benzene rings is 1. The zero-order valence-electron chi connectivity index (χ0n) is 20.3. The largest absolute Gasteiger partial charge is 0.493 e. The Hall–Kier alpha value is -3.70. The molecule has 1 aromatic carbocycles. The normalized spacial score (nSPS) is 17.0. The highest BCUT2D eigenvalue weighted by atomic mass is 16.5. The Bertz CT molecular complexity index is 1260. The van der Waals surface area contributed by atoms with Crippen molar-refractivity contribution in [3.8, 4) is 5.75 Å². The molecule has 2 aromatic heterocycles. The van der Waals surface area contributed by atoms with Gasteiger partial charge in [-0.2, -0.15) is 0 Å². The summed E-state index contributed by atoms with van der Waals surface area (Å²) in [7, 11) is 1.51. The number of aromatic nitrogens is 2. The van der Waals surface area contributed by atoms with Crippen molar-refractivity contribution in [3.63, 3.8) is 0 Å². The molecule has 1 amide bonds. The molecular weight excluding hydrogens is 464 g/mol. The number of hydrogen-bond acceptors (Lipinski definition) is 10. The Morgan fingerprint density at radius 3 is 2.19 bits per heavy atom. The second-order valence-corrected chi connectivity index (χ2v) is 8.91. The third kappa shape index (κ3) is 4.84. The summed E-state index contributed by atoms with van der Waals surface area (Å²) in [5, 5.41) is 18.6. The van der Waals surface area contributed by atoms with E-state index in [0.29, 0.717) is 49.4 Å². The van der Waals surface area contributed by atoms with Crippen LogP contribution in [0.15, 0.2) is 45.6 Å². The van der Waals surface area contributed by atoms with Crippen molar-refractivity contribution < 1.29 is 19.1 Å². The zero-order valence-corrected chi connectivity index (χ0v) is 20.3. The van der Waals surface area contributed by atoms with E-state index in [0.717, 1.165) is 37.8 Å². The molecule has 2 aliphatic heterocycles. The lowest BCUT2D eigenvalue weighted by atomic mass is 10.1. The van der Waals surface area contributed by atoms with Crippen LogP contribution in [-0.2, 0) is 0 Å². The van der Waals surface area contributed by atoms with E-state index < -0.39 is 5.63 Å². The number of ether oxygens (including phenoxy) is 1. The number of carbonyl (C=O) groups is 1. The van der Waals surface area contributed by atoms with Crippen molar-refractivity contribution in [3.05, 3.63) is 52.4 Å². The fraction of sp³-hybridized carbons (Fsp3) is 0.440. The van der Waals surface area contributed by atoms with Crippen molar-refractivity contribution in [1.29, 1.82) is 0 Å². The Labute approximate surface area is 208 Å². The number of piperazine rings is 2. The van der Waals surface area contributed by atoms with Crippen LogP contribution in [0.25, 0.3) is 11.0 Å². The lowest BCUT2D eigenvalue weighted by molar-refractivity contribution is 0.0742. The highest BCUT2D eigenvalue weighted by molar-refractivity contribution is 5.97. The predicted octanol–water partition coefficient (Wildman–Crippen LogP) is 0.668. The molecule has 2 saturated heterocycles. The fourth-order valence-corrected chi connectivity index (χ4v) is 4.73. The average Bonchev–Trinajstić information content (AvgIpc) is 2.93. The molecule has 3 aromatic rings. The van der Waals surface area contributed by atoms with Crippen LogP contribution in [0.2, 0.25) is 0 Å². The van der Waals surface area contributed by atoms with Crippen molar-refractivity contribution >= 4 is 28.5 Å². The van der Waals surface area contributed by atoms with Crippen LogP contribution in [0.4, 0.5) is 11.6 Å². The highest BCUT2D eigenvalue weighted by Gasteiger charge is 2.26. The lowest BCUT2D eigenvalue weighted by Gasteiger charge is -2.36. The SMILES string of the molecule is COc1cccc2cc(C(=O)N3CCN(c4ccc(N5CCN(CCO)CC5)nn4)CC3)c(=O)oc12. The van der Waals surface area contributed by atoms with Crippen LogP contribution in [0.3, 0.4) is 0 Å². The first-order valence-electron chi connectivity index (χ1n) is 12.1. The minimum atomic E-state index is -0.668. The smallest absolute Gasteiger partial charge is 0.349 e. The van der Waals surface area contributed by atoms with Gasteiger partial charge in [-0.3, -0.25) is 9.69 Å². The zero-order chi connectivity index (χ0) is 25.1. The third-order valence-electron chi connectivity index (χ3n) is 6.81. The van der Waals surface area contributed by atoms with Crippen molar-refractivity contribution in [2.24, 2.45) is 0 Å². The minimum absolute atomic E-state index is 0.0208. The summed E-state index contributed by atoms with van der Waals surface area (Å²) in [5.74, 6) is 1.72. The summed E-state index contributed by atoms with van der Waals surface area (Å²) in [6, 6.07) is 10.8. The number of fused-ring (bicyclic) bond motifs is 1. The summed E-state index contributed by atoms with van der Waals surface area (Å²) < 4.78 is 10.7. The monoisotopic (exact) mass is 494 g/mol. The van der Waals surface area contributed by atoms with Gasteiger partial charge < -0.3 is 29.0 Å². The summed E-state index contributed by atoms with van der Waals surface area (Å²) in [6.07, 6.45) is 0. The van der Waals surface area contributed by atoms with E-state index in [2.05, 4.69) is 24.9 Å². The number of anilines is 2. The fourth-order valence-electron chi connectivity index (χ4n) is 4.73. The molecule has 11 heteroatoms. The molecule has 2 aliphatic rings. The lowest BCUT2D eigenvalue weighted by Crippen LogP contribution is -2.50. The summed E-state index contributed by atoms with van der Waals surface area (Å²) in [5.41, 5.74) is -0.314. The molecule has 0 atom stereocenters. The second kappa shape index (κ2) is 10.5. The van der Waals surface area contributed by atoms with Gasteiger partial charge in [0.2, 0.25) is 0 Å². The first kappa shape index (κ1) is 24.0. The maximum atomic E-state index is 13.1. The Balaban J connectivity index is 1.20. The topological polar surface area (TPSA) is 115 Å². The number of amides is 1. The van der Waals surface area contributed by atoms with Gasteiger partial charge in [0.15, 0.2) is 23.0 Å². The van der Waals surface area contributed by atoms with Crippen molar-refractivity contribution in [1.82, 2.24) is 20.0 Å². The van der Waals surface area contributed by atoms with Crippen molar-refractivity contribution in [2.75, 3.05) is 82.4 Å².